The van der Waals surface area contributed by atoms with Gasteiger partial charge in [-0.15, -0.1) is 0 Å². The van der Waals surface area contributed by atoms with Gasteiger partial charge in [-0.2, -0.15) is 0 Å². The number of amides is 2. The first-order chi connectivity index (χ1) is 14.5. The average molecular weight is 402 g/mol. The summed E-state index contributed by atoms with van der Waals surface area (Å²) in [5, 5.41) is 3.07. The van der Waals surface area contributed by atoms with Crippen LogP contribution >= 0.6 is 0 Å². The summed E-state index contributed by atoms with van der Waals surface area (Å²) >= 11 is 0. The van der Waals surface area contributed by atoms with Gasteiger partial charge >= 0.3 is 0 Å². The lowest BCUT2D eigenvalue weighted by atomic mass is 10.0. The van der Waals surface area contributed by atoms with Crippen molar-refractivity contribution < 1.29 is 9.59 Å². The number of nitrogens with zero attached hydrogens (tertiary/aromatic N) is 3. The minimum absolute atomic E-state index is 0.0352. The molecule has 4 rings (SSSR count). The first-order valence-corrected chi connectivity index (χ1v) is 10.2. The van der Waals surface area contributed by atoms with Crippen molar-refractivity contribution in [1.82, 2.24) is 19.8 Å². The monoisotopic (exact) mass is 402 g/mol. The number of rotatable bonds is 6. The largest absolute Gasteiger partial charge is 0.349 e. The Bertz CT molecular complexity index is 1010. The molecule has 30 heavy (non-hydrogen) atoms. The maximum atomic E-state index is 12.8. The molecular weight excluding hydrogens is 376 g/mol. The summed E-state index contributed by atoms with van der Waals surface area (Å²) in [5.41, 5.74) is 4.31. The molecule has 1 aromatic heterocycles. The predicted molar refractivity (Wildman–Crippen MR) is 115 cm³/mol. The summed E-state index contributed by atoms with van der Waals surface area (Å²) in [4.78, 5) is 31.0. The zero-order valence-corrected chi connectivity index (χ0v) is 17.3. The second-order valence-corrected chi connectivity index (χ2v) is 7.95. The summed E-state index contributed by atoms with van der Waals surface area (Å²) in [5.74, 6) is -0.343. The van der Waals surface area contributed by atoms with Crippen LogP contribution in [0.3, 0.4) is 0 Å². The fourth-order valence-corrected chi connectivity index (χ4v) is 3.78. The summed E-state index contributed by atoms with van der Waals surface area (Å²) in [7, 11) is 0. The van der Waals surface area contributed by atoms with E-state index in [1.165, 1.54) is 5.56 Å². The molecule has 6 nitrogen and oxygen atoms in total. The van der Waals surface area contributed by atoms with Gasteiger partial charge in [-0.25, -0.2) is 4.98 Å². The summed E-state index contributed by atoms with van der Waals surface area (Å²) in [6.45, 7) is 5.02. The van der Waals surface area contributed by atoms with Crippen molar-refractivity contribution in [2.24, 2.45) is 5.92 Å². The van der Waals surface area contributed by atoms with E-state index in [1.807, 2.05) is 73.1 Å². The number of nitrogens with one attached hydrogen (secondary N) is 1. The summed E-state index contributed by atoms with van der Waals surface area (Å²) < 4.78 is 1.93. The Morgan fingerprint density at radius 2 is 1.90 bits per heavy atom. The third-order valence-corrected chi connectivity index (χ3v) is 5.63. The highest BCUT2D eigenvalue weighted by atomic mass is 16.2. The van der Waals surface area contributed by atoms with Gasteiger partial charge in [0.2, 0.25) is 11.8 Å². The van der Waals surface area contributed by atoms with E-state index in [1.54, 1.807) is 17.4 Å². The Kier molecular flexibility index (Phi) is 5.65. The van der Waals surface area contributed by atoms with Gasteiger partial charge in [-0.3, -0.25) is 9.59 Å². The fraction of sp³-hybridized carbons (Fsp3) is 0.292. The molecule has 0 saturated carbocycles. The topological polar surface area (TPSA) is 67.2 Å². The lowest BCUT2D eigenvalue weighted by Crippen LogP contribution is -2.34. The Labute approximate surface area is 176 Å². The number of aromatic nitrogens is 2. The number of likely N-dealkylation sites (tertiary alicyclic amines) is 1. The Balaban J connectivity index is 1.34. The molecule has 2 unspecified atom stereocenters. The number of carbonyl (C=O) groups is 2. The average Bonchev–Trinajstić information content (AvgIpc) is 3.40. The van der Waals surface area contributed by atoms with Gasteiger partial charge in [0, 0.05) is 37.6 Å². The van der Waals surface area contributed by atoms with E-state index < -0.39 is 0 Å². The van der Waals surface area contributed by atoms with Crippen molar-refractivity contribution in [2.45, 2.75) is 32.9 Å². The molecule has 0 bridgehead atoms. The number of benzene rings is 2. The molecule has 1 saturated heterocycles. The molecule has 3 aromatic rings. The lowest BCUT2D eigenvalue weighted by Gasteiger charge is -2.19. The molecule has 1 aliphatic rings. The van der Waals surface area contributed by atoms with Crippen LogP contribution in [0.25, 0.3) is 5.69 Å². The normalized spacial score (nSPS) is 17.2. The van der Waals surface area contributed by atoms with E-state index in [9.17, 15) is 9.59 Å². The molecule has 2 amide bonds. The molecular formula is C24H26N4O2. The van der Waals surface area contributed by atoms with Crippen molar-refractivity contribution in [3.05, 3.63) is 83.9 Å². The Morgan fingerprint density at radius 3 is 2.57 bits per heavy atom. The van der Waals surface area contributed by atoms with Gasteiger partial charge in [0.15, 0.2) is 0 Å². The van der Waals surface area contributed by atoms with Crippen LogP contribution in [0, 0.1) is 12.8 Å². The zero-order chi connectivity index (χ0) is 21.1. The molecule has 2 heterocycles. The molecule has 2 aromatic carbocycles. The van der Waals surface area contributed by atoms with Crippen molar-refractivity contribution in [3.8, 4) is 5.69 Å². The maximum Gasteiger partial charge on any atom is 0.225 e. The van der Waals surface area contributed by atoms with Crippen LogP contribution in [0.5, 0.6) is 0 Å². The van der Waals surface area contributed by atoms with Gasteiger partial charge in [-0.05, 0) is 37.1 Å². The first kappa shape index (κ1) is 19.9. The van der Waals surface area contributed by atoms with Crippen LogP contribution in [-0.4, -0.2) is 32.8 Å². The molecule has 6 heteroatoms. The maximum absolute atomic E-state index is 12.8. The van der Waals surface area contributed by atoms with Crippen LogP contribution in [0.1, 0.15) is 36.1 Å². The van der Waals surface area contributed by atoms with Gasteiger partial charge in [-0.1, -0.05) is 42.0 Å². The van der Waals surface area contributed by atoms with E-state index >= 15 is 0 Å². The first-order valence-electron chi connectivity index (χ1n) is 10.2. The van der Waals surface area contributed by atoms with Gasteiger partial charge < -0.3 is 14.8 Å². The van der Waals surface area contributed by atoms with Crippen LogP contribution in [-0.2, 0) is 16.1 Å². The highest BCUT2D eigenvalue weighted by molar-refractivity contribution is 5.89. The highest BCUT2D eigenvalue weighted by Crippen LogP contribution is 2.22. The molecule has 154 valence electrons. The van der Waals surface area contributed by atoms with Crippen LogP contribution in [0.2, 0.25) is 0 Å². The summed E-state index contributed by atoms with van der Waals surface area (Å²) in [6.07, 6.45) is 5.64. The third-order valence-electron chi connectivity index (χ3n) is 5.63. The van der Waals surface area contributed by atoms with Crippen LogP contribution in [0.15, 0.2) is 67.3 Å². The molecule has 0 spiro atoms. The molecule has 1 fully saturated rings. The lowest BCUT2D eigenvalue weighted by molar-refractivity contribution is -0.129. The van der Waals surface area contributed by atoms with E-state index in [0.717, 1.165) is 16.8 Å². The molecule has 0 radical (unpaired) electrons. The fourth-order valence-electron chi connectivity index (χ4n) is 3.78. The number of hydrogen-bond acceptors (Lipinski definition) is 3. The van der Waals surface area contributed by atoms with Crippen molar-refractivity contribution in [2.75, 3.05) is 6.54 Å². The molecule has 0 aliphatic carbocycles. The minimum Gasteiger partial charge on any atom is -0.349 e. The van der Waals surface area contributed by atoms with E-state index in [0.29, 0.717) is 13.1 Å². The minimum atomic E-state index is -0.310. The number of carbonyl (C=O) groups excluding carboxylic acids is 2. The molecule has 1 aliphatic heterocycles. The van der Waals surface area contributed by atoms with E-state index in [2.05, 4.69) is 10.3 Å². The van der Waals surface area contributed by atoms with Gasteiger partial charge in [0.25, 0.3) is 0 Å². The number of imidazole rings is 1. The second-order valence-electron chi connectivity index (χ2n) is 7.95. The molecule has 2 atom stereocenters. The van der Waals surface area contributed by atoms with Crippen LogP contribution < -0.4 is 5.32 Å². The Hall–Kier alpha value is -3.41. The number of aryl methyl sites for hydroxylation is 1. The van der Waals surface area contributed by atoms with E-state index in [4.69, 9.17) is 0 Å². The smallest absolute Gasteiger partial charge is 0.225 e. The van der Waals surface area contributed by atoms with Gasteiger partial charge in [0.1, 0.15) is 0 Å². The quantitative estimate of drug-likeness (QED) is 0.687. The predicted octanol–water partition coefficient (Wildman–Crippen LogP) is 3.41. The highest BCUT2D eigenvalue weighted by Gasteiger charge is 2.34. The van der Waals surface area contributed by atoms with Crippen LogP contribution in [0.4, 0.5) is 0 Å². The second kappa shape index (κ2) is 8.53. The van der Waals surface area contributed by atoms with Crippen molar-refractivity contribution in [3.63, 3.8) is 0 Å². The number of hydrogen-bond donors (Lipinski definition) is 1. The molecule has 1 N–H and O–H groups in total. The van der Waals surface area contributed by atoms with E-state index in [-0.39, 0.29) is 30.2 Å². The zero-order valence-electron chi connectivity index (χ0n) is 17.3. The standard InChI is InChI=1S/C24H26N4O2/c1-17-3-5-19(6-4-17)14-28-15-21(13-23(28)29)24(30)26-18(2)20-7-9-22(10-8-20)27-12-11-25-16-27/h3-12,16,18,21H,13-15H2,1-2H3,(H,26,30). The Morgan fingerprint density at radius 1 is 1.17 bits per heavy atom. The van der Waals surface area contributed by atoms with Gasteiger partial charge in [0.05, 0.1) is 18.3 Å². The van der Waals surface area contributed by atoms with Crippen molar-refractivity contribution in [1.29, 1.82) is 0 Å². The van der Waals surface area contributed by atoms with Crippen molar-refractivity contribution >= 4 is 11.8 Å². The third kappa shape index (κ3) is 4.43. The summed E-state index contributed by atoms with van der Waals surface area (Å²) in [6, 6.07) is 16.0. The SMILES string of the molecule is Cc1ccc(CN2CC(C(=O)NC(C)c3ccc(-n4ccnc4)cc3)CC2=O)cc1.